The number of pyridine rings is 1. The molecule has 0 atom stereocenters. The highest BCUT2D eigenvalue weighted by atomic mass is 35.5. The summed E-state index contributed by atoms with van der Waals surface area (Å²) in [6.07, 6.45) is 0. The van der Waals surface area contributed by atoms with E-state index in [4.69, 9.17) is 22.1 Å². The van der Waals surface area contributed by atoms with Crippen LogP contribution in [-0.2, 0) is 9.53 Å². The molecule has 3 N–H and O–H groups in total. The van der Waals surface area contributed by atoms with E-state index in [0.29, 0.717) is 16.1 Å². The van der Waals surface area contributed by atoms with Gasteiger partial charge < -0.3 is 10.5 Å². The molecule has 21 heavy (non-hydrogen) atoms. The largest absolute Gasteiger partial charge is 0.452 e. The molecule has 0 saturated heterocycles. The number of primary amides is 1. The highest BCUT2D eigenvalue weighted by Gasteiger charge is 2.12. The molecule has 0 aliphatic carbocycles. The molecule has 7 nitrogen and oxygen atoms in total. The maximum absolute atomic E-state index is 11.8. The van der Waals surface area contributed by atoms with Crippen LogP contribution in [0.4, 0.5) is 4.79 Å². The Labute approximate surface area is 124 Å². The van der Waals surface area contributed by atoms with Crippen molar-refractivity contribution in [1.29, 1.82) is 0 Å². The van der Waals surface area contributed by atoms with Gasteiger partial charge in [0.25, 0.3) is 5.91 Å². The molecule has 1 aromatic heterocycles. The van der Waals surface area contributed by atoms with Gasteiger partial charge in [0.1, 0.15) is 5.15 Å². The molecule has 0 saturated carbocycles. The topological polar surface area (TPSA) is 111 Å². The third-order valence-corrected chi connectivity index (χ3v) is 2.70. The van der Waals surface area contributed by atoms with Crippen molar-refractivity contribution in [2.24, 2.45) is 5.73 Å². The maximum Gasteiger partial charge on any atom is 0.338 e. The zero-order valence-corrected chi connectivity index (χ0v) is 11.4. The first-order chi connectivity index (χ1) is 9.95. The van der Waals surface area contributed by atoms with Gasteiger partial charge in [0.05, 0.1) is 11.1 Å². The van der Waals surface area contributed by atoms with E-state index in [9.17, 15) is 14.4 Å². The number of carbonyl (C=O) groups excluding carboxylic acids is 3. The van der Waals surface area contributed by atoms with E-state index in [1.165, 1.54) is 6.07 Å². The number of rotatable bonds is 3. The van der Waals surface area contributed by atoms with Crippen LogP contribution in [0.25, 0.3) is 10.9 Å². The highest BCUT2D eigenvalue weighted by molar-refractivity contribution is 6.29. The summed E-state index contributed by atoms with van der Waals surface area (Å²) in [5.74, 6) is -1.50. The number of hydrogen-bond donors (Lipinski definition) is 2. The van der Waals surface area contributed by atoms with E-state index in [1.54, 1.807) is 29.6 Å². The third kappa shape index (κ3) is 3.90. The fraction of sp³-hybridized carbons (Fsp3) is 0.0769. The second kappa shape index (κ2) is 6.19. The summed E-state index contributed by atoms with van der Waals surface area (Å²) in [6.45, 7) is -0.599. The molecule has 8 heteroatoms. The Hall–Kier alpha value is -2.67. The van der Waals surface area contributed by atoms with Crippen LogP contribution < -0.4 is 11.1 Å². The molecule has 1 heterocycles. The van der Waals surface area contributed by atoms with Crippen molar-refractivity contribution >= 4 is 40.4 Å². The zero-order chi connectivity index (χ0) is 15.4. The van der Waals surface area contributed by atoms with Crippen molar-refractivity contribution in [1.82, 2.24) is 10.3 Å². The van der Waals surface area contributed by atoms with Crippen LogP contribution >= 0.6 is 11.6 Å². The molecule has 0 spiro atoms. The minimum Gasteiger partial charge on any atom is -0.452 e. The molecule has 0 aliphatic rings. The summed E-state index contributed by atoms with van der Waals surface area (Å²) in [4.78, 5) is 37.4. The van der Waals surface area contributed by atoms with Gasteiger partial charge in [-0.1, -0.05) is 11.6 Å². The number of imide groups is 1. The Morgan fingerprint density at radius 3 is 2.71 bits per heavy atom. The van der Waals surface area contributed by atoms with Crippen LogP contribution in [0.5, 0.6) is 0 Å². The first-order valence-corrected chi connectivity index (χ1v) is 6.16. The number of nitrogens with two attached hydrogens (primary N) is 1. The quantitative estimate of drug-likeness (QED) is 0.654. The molecular weight excluding hydrogens is 298 g/mol. The van der Waals surface area contributed by atoms with Gasteiger partial charge in [-0.25, -0.2) is 14.6 Å². The van der Waals surface area contributed by atoms with Crippen LogP contribution in [0.15, 0.2) is 30.3 Å². The smallest absolute Gasteiger partial charge is 0.338 e. The average molecular weight is 308 g/mol. The normalized spacial score (nSPS) is 10.1. The number of ether oxygens (including phenoxy) is 1. The van der Waals surface area contributed by atoms with E-state index in [0.717, 1.165) is 0 Å². The van der Waals surface area contributed by atoms with Crippen molar-refractivity contribution in [2.45, 2.75) is 0 Å². The molecule has 0 fully saturated rings. The van der Waals surface area contributed by atoms with Crippen LogP contribution in [0.3, 0.4) is 0 Å². The van der Waals surface area contributed by atoms with Crippen molar-refractivity contribution in [3.63, 3.8) is 0 Å². The molecular formula is C13H10ClN3O4. The second-order valence-corrected chi connectivity index (χ2v) is 4.42. The molecule has 3 amide bonds. The SMILES string of the molecule is NC(=O)NC(=O)COC(=O)c1ccc2nc(Cl)ccc2c1. The van der Waals surface area contributed by atoms with Crippen molar-refractivity contribution in [3.05, 3.63) is 41.0 Å². The lowest BCUT2D eigenvalue weighted by atomic mass is 10.1. The Morgan fingerprint density at radius 2 is 2.00 bits per heavy atom. The van der Waals surface area contributed by atoms with Crippen LogP contribution in [0.2, 0.25) is 5.15 Å². The first kappa shape index (κ1) is 14.7. The summed E-state index contributed by atoms with van der Waals surface area (Å²) < 4.78 is 4.76. The molecule has 0 unspecified atom stereocenters. The standard InChI is InChI=1S/C13H10ClN3O4/c14-10-4-2-7-5-8(1-3-9(7)16-10)12(19)21-6-11(18)17-13(15)20/h1-5H,6H2,(H3,15,17,18,20). The number of fused-ring (bicyclic) bond motifs is 1. The monoisotopic (exact) mass is 307 g/mol. The summed E-state index contributed by atoms with van der Waals surface area (Å²) >= 11 is 5.76. The number of hydrogen-bond acceptors (Lipinski definition) is 5. The molecule has 2 rings (SSSR count). The van der Waals surface area contributed by atoms with Gasteiger partial charge in [-0.15, -0.1) is 0 Å². The number of benzene rings is 1. The number of aromatic nitrogens is 1. The lowest BCUT2D eigenvalue weighted by Gasteiger charge is -2.05. The number of nitrogens with one attached hydrogen (secondary N) is 1. The molecule has 0 radical (unpaired) electrons. The highest BCUT2D eigenvalue weighted by Crippen LogP contribution is 2.17. The molecule has 0 aliphatic heterocycles. The fourth-order valence-corrected chi connectivity index (χ4v) is 1.77. The number of halogens is 1. The van der Waals surface area contributed by atoms with Crippen molar-refractivity contribution < 1.29 is 19.1 Å². The Bertz CT molecular complexity index is 732. The number of amides is 3. The molecule has 108 valence electrons. The van der Waals surface area contributed by atoms with E-state index in [2.05, 4.69) is 4.98 Å². The lowest BCUT2D eigenvalue weighted by molar-refractivity contribution is -0.123. The number of esters is 1. The van der Waals surface area contributed by atoms with Crippen LogP contribution in [0, 0.1) is 0 Å². The lowest BCUT2D eigenvalue weighted by Crippen LogP contribution is -2.37. The van der Waals surface area contributed by atoms with Crippen LogP contribution in [0.1, 0.15) is 10.4 Å². The molecule has 2 aromatic rings. The minimum atomic E-state index is -1.01. The van der Waals surface area contributed by atoms with E-state index in [-0.39, 0.29) is 5.56 Å². The second-order valence-electron chi connectivity index (χ2n) is 4.03. The third-order valence-electron chi connectivity index (χ3n) is 2.49. The van der Waals surface area contributed by atoms with Gasteiger partial charge in [-0.05, 0) is 30.3 Å². The summed E-state index contributed by atoms with van der Waals surface area (Å²) in [7, 11) is 0. The summed E-state index contributed by atoms with van der Waals surface area (Å²) in [6, 6.07) is 6.97. The molecule has 0 bridgehead atoms. The van der Waals surface area contributed by atoms with Crippen LogP contribution in [-0.4, -0.2) is 29.5 Å². The zero-order valence-electron chi connectivity index (χ0n) is 10.6. The van der Waals surface area contributed by atoms with Gasteiger partial charge in [0.15, 0.2) is 6.61 Å². The fourth-order valence-electron chi connectivity index (χ4n) is 1.62. The predicted molar refractivity (Wildman–Crippen MR) is 74.8 cm³/mol. The van der Waals surface area contributed by atoms with Crippen molar-refractivity contribution in [3.8, 4) is 0 Å². The number of carbonyl (C=O) groups is 3. The summed E-state index contributed by atoms with van der Waals surface area (Å²) in [5, 5.41) is 2.84. The minimum absolute atomic E-state index is 0.249. The molecule has 1 aromatic carbocycles. The number of nitrogens with zero attached hydrogens (tertiary/aromatic N) is 1. The van der Waals surface area contributed by atoms with E-state index in [1.807, 2.05) is 0 Å². The van der Waals surface area contributed by atoms with Gasteiger partial charge in [0.2, 0.25) is 0 Å². The van der Waals surface area contributed by atoms with Gasteiger partial charge >= 0.3 is 12.0 Å². The number of urea groups is 1. The van der Waals surface area contributed by atoms with Gasteiger partial charge in [0, 0.05) is 5.39 Å². The Balaban J connectivity index is 2.07. The van der Waals surface area contributed by atoms with Gasteiger partial charge in [-0.3, -0.25) is 10.1 Å². The van der Waals surface area contributed by atoms with E-state index >= 15 is 0 Å². The van der Waals surface area contributed by atoms with Gasteiger partial charge in [-0.2, -0.15) is 0 Å². The Kier molecular flexibility index (Phi) is 4.34. The maximum atomic E-state index is 11.8. The summed E-state index contributed by atoms with van der Waals surface area (Å²) in [5.41, 5.74) is 5.63. The Morgan fingerprint density at radius 1 is 1.24 bits per heavy atom. The first-order valence-electron chi connectivity index (χ1n) is 5.78. The van der Waals surface area contributed by atoms with E-state index < -0.39 is 24.5 Å². The average Bonchev–Trinajstić information content (AvgIpc) is 2.43. The van der Waals surface area contributed by atoms with Crippen molar-refractivity contribution in [2.75, 3.05) is 6.61 Å². The predicted octanol–water partition coefficient (Wildman–Crippen LogP) is 1.24.